The highest BCUT2D eigenvalue weighted by atomic mass is 16.5. The average molecular weight is 332 g/mol. The molecule has 130 valence electrons. The van der Waals surface area contributed by atoms with E-state index in [1.807, 2.05) is 37.3 Å². The van der Waals surface area contributed by atoms with E-state index < -0.39 is 17.4 Å². The highest BCUT2D eigenvalue weighted by molar-refractivity contribution is 5.92. The Kier molecular flexibility index (Phi) is 5.26. The molecule has 0 radical (unpaired) electrons. The Hall–Kier alpha value is -2.37. The average Bonchev–Trinajstić information content (AvgIpc) is 2.95. The zero-order valence-electron chi connectivity index (χ0n) is 14.5. The fourth-order valence-corrected chi connectivity index (χ4v) is 2.91. The summed E-state index contributed by atoms with van der Waals surface area (Å²) in [6.45, 7) is 5.46. The van der Waals surface area contributed by atoms with Gasteiger partial charge >= 0.3 is 5.97 Å². The Morgan fingerprint density at radius 2 is 1.92 bits per heavy atom. The number of methoxy groups -OCH3 is 1. The number of hydrogen-bond acceptors (Lipinski definition) is 4. The van der Waals surface area contributed by atoms with Crippen LogP contribution in [0.4, 0.5) is 0 Å². The summed E-state index contributed by atoms with van der Waals surface area (Å²) in [5, 5.41) is 2.68. The van der Waals surface area contributed by atoms with E-state index in [1.54, 1.807) is 18.7 Å². The van der Waals surface area contributed by atoms with Crippen LogP contribution in [-0.2, 0) is 19.1 Å². The van der Waals surface area contributed by atoms with E-state index in [2.05, 4.69) is 10.1 Å². The third-order valence-corrected chi connectivity index (χ3v) is 4.41. The monoisotopic (exact) mass is 332 g/mol. The van der Waals surface area contributed by atoms with Crippen molar-refractivity contribution < 1.29 is 19.1 Å². The summed E-state index contributed by atoms with van der Waals surface area (Å²) in [5.41, 5.74) is -0.0883. The van der Waals surface area contributed by atoms with Gasteiger partial charge in [0, 0.05) is 13.0 Å². The third-order valence-electron chi connectivity index (χ3n) is 4.41. The lowest BCUT2D eigenvalue weighted by molar-refractivity contribution is -0.149. The van der Waals surface area contributed by atoms with Crippen molar-refractivity contribution in [3.8, 4) is 0 Å². The van der Waals surface area contributed by atoms with Crippen molar-refractivity contribution in [2.24, 2.45) is 5.92 Å². The Morgan fingerprint density at radius 3 is 2.50 bits per heavy atom. The Bertz CT molecular complexity index is 627. The van der Waals surface area contributed by atoms with E-state index in [4.69, 9.17) is 0 Å². The first-order valence-electron chi connectivity index (χ1n) is 8.01. The van der Waals surface area contributed by atoms with Crippen LogP contribution in [0.2, 0.25) is 0 Å². The van der Waals surface area contributed by atoms with Gasteiger partial charge in [-0.3, -0.25) is 9.59 Å². The van der Waals surface area contributed by atoms with Crippen molar-refractivity contribution in [1.29, 1.82) is 0 Å². The van der Waals surface area contributed by atoms with Gasteiger partial charge in [-0.25, -0.2) is 4.79 Å². The molecule has 1 aromatic carbocycles. The predicted molar refractivity (Wildman–Crippen MR) is 88.9 cm³/mol. The summed E-state index contributed by atoms with van der Waals surface area (Å²) >= 11 is 0. The van der Waals surface area contributed by atoms with Crippen molar-refractivity contribution in [3.05, 3.63) is 35.9 Å². The number of nitrogens with zero attached hydrogens (tertiary/aromatic N) is 1. The summed E-state index contributed by atoms with van der Waals surface area (Å²) in [7, 11) is 1.28. The van der Waals surface area contributed by atoms with Crippen molar-refractivity contribution >= 4 is 17.8 Å². The molecule has 2 atom stereocenters. The number of carbonyl (C=O) groups excluding carboxylic acids is 3. The summed E-state index contributed by atoms with van der Waals surface area (Å²) in [6, 6.07) is 9.61. The zero-order valence-corrected chi connectivity index (χ0v) is 14.5. The van der Waals surface area contributed by atoms with Gasteiger partial charge in [0.15, 0.2) is 0 Å². The first-order chi connectivity index (χ1) is 11.3. The van der Waals surface area contributed by atoms with Crippen LogP contribution in [0.15, 0.2) is 30.3 Å². The van der Waals surface area contributed by atoms with Crippen LogP contribution in [0, 0.1) is 5.92 Å². The van der Waals surface area contributed by atoms with Gasteiger partial charge in [-0.15, -0.1) is 0 Å². The topological polar surface area (TPSA) is 75.7 Å². The molecule has 2 unspecified atom stereocenters. The van der Waals surface area contributed by atoms with Crippen molar-refractivity contribution in [2.45, 2.75) is 38.8 Å². The van der Waals surface area contributed by atoms with Gasteiger partial charge in [0.05, 0.1) is 19.1 Å². The highest BCUT2D eigenvalue weighted by Gasteiger charge is 2.40. The molecule has 6 heteroatoms. The van der Waals surface area contributed by atoms with E-state index in [1.165, 1.54) is 7.11 Å². The standard InChI is InChI=1S/C18H24N2O4/c1-12(13-8-6-5-7-9-13)20-11-14(10-15(20)21)16(22)19-18(2,3)17(23)24-4/h5-9,12,14H,10-11H2,1-4H3,(H,19,22). The van der Waals surface area contributed by atoms with Crippen molar-refractivity contribution in [2.75, 3.05) is 13.7 Å². The molecule has 1 aliphatic heterocycles. The first-order valence-corrected chi connectivity index (χ1v) is 8.01. The first kappa shape index (κ1) is 18.0. The molecule has 0 bridgehead atoms. The highest BCUT2D eigenvalue weighted by Crippen LogP contribution is 2.28. The minimum Gasteiger partial charge on any atom is -0.467 e. The molecule has 1 aliphatic rings. The predicted octanol–water partition coefficient (Wildman–Crippen LogP) is 1.66. The van der Waals surface area contributed by atoms with Crippen LogP contribution in [-0.4, -0.2) is 41.9 Å². The zero-order chi connectivity index (χ0) is 17.9. The largest absolute Gasteiger partial charge is 0.467 e. The molecular formula is C18H24N2O4. The summed E-state index contributed by atoms with van der Waals surface area (Å²) < 4.78 is 4.69. The molecular weight excluding hydrogens is 308 g/mol. The molecule has 0 saturated carbocycles. The van der Waals surface area contributed by atoms with Gasteiger partial charge < -0.3 is 15.0 Å². The number of esters is 1. The van der Waals surface area contributed by atoms with Gasteiger partial charge in [-0.2, -0.15) is 0 Å². The molecule has 1 heterocycles. The molecule has 1 fully saturated rings. The summed E-state index contributed by atoms with van der Waals surface area (Å²) in [6.07, 6.45) is 0.153. The van der Waals surface area contributed by atoms with E-state index >= 15 is 0 Å². The Balaban J connectivity index is 2.04. The maximum Gasteiger partial charge on any atom is 0.330 e. The molecule has 1 N–H and O–H groups in total. The van der Waals surface area contributed by atoms with Crippen LogP contribution >= 0.6 is 0 Å². The minimum atomic E-state index is -1.12. The quantitative estimate of drug-likeness (QED) is 0.832. The summed E-state index contributed by atoms with van der Waals surface area (Å²) in [5.74, 6) is -1.34. The second-order valence-corrected chi connectivity index (χ2v) is 6.64. The number of likely N-dealkylation sites (tertiary alicyclic amines) is 1. The molecule has 1 aromatic rings. The van der Waals surface area contributed by atoms with Gasteiger partial charge in [0.1, 0.15) is 5.54 Å². The Morgan fingerprint density at radius 1 is 1.29 bits per heavy atom. The van der Waals surface area contributed by atoms with E-state index in [0.717, 1.165) is 5.56 Å². The van der Waals surface area contributed by atoms with Gasteiger partial charge in [0.25, 0.3) is 0 Å². The molecule has 2 amide bonds. The van der Waals surface area contributed by atoms with Gasteiger partial charge in [-0.05, 0) is 26.3 Å². The molecule has 2 rings (SSSR count). The molecule has 1 saturated heterocycles. The van der Waals surface area contributed by atoms with Crippen LogP contribution in [0.5, 0.6) is 0 Å². The van der Waals surface area contributed by atoms with Crippen molar-refractivity contribution in [1.82, 2.24) is 10.2 Å². The minimum absolute atomic E-state index is 0.0534. The fraction of sp³-hybridized carbons (Fsp3) is 0.500. The second-order valence-electron chi connectivity index (χ2n) is 6.64. The maximum absolute atomic E-state index is 12.4. The molecule has 0 aromatic heterocycles. The number of hydrogen-bond donors (Lipinski definition) is 1. The SMILES string of the molecule is COC(=O)C(C)(C)NC(=O)C1CC(=O)N(C(C)c2ccccc2)C1. The number of carbonyl (C=O) groups is 3. The maximum atomic E-state index is 12.4. The second kappa shape index (κ2) is 7.03. The normalized spacial score (nSPS) is 19.1. The van der Waals surface area contributed by atoms with Crippen LogP contribution < -0.4 is 5.32 Å². The summed E-state index contributed by atoms with van der Waals surface area (Å²) in [4.78, 5) is 38.2. The molecule has 0 aliphatic carbocycles. The van der Waals surface area contributed by atoms with Gasteiger partial charge in [-0.1, -0.05) is 30.3 Å². The van der Waals surface area contributed by atoms with E-state index in [-0.39, 0.29) is 24.3 Å². The van der Waals surface area contributed by atoms with E-state index in [9.17, 15) is 14.4 Å². The Labute approximate surface area is 142 Å². The number of benzene rings is 1. The third kappa shape index (κ3) is 3.75. The van der Waals surface area contributed by atoms with Crippen LogP contribution in [0.25, 0.3) is 0 Å². The number of amides is 2. The number of nitrogens with one attached hydrogen (secondary N) is 1. The van der Waals surface area contributed by atoms with E-state index in [0.29, 0.717) is 6.54 Å². The van der Waals surface area contributed by atoms with Crippen LogP contribution in [0.3, 0.4) is 0 Å². The van der Waals surface area contributed by atoms with Crippen LogP contribution in [0.1, 0.15) is 38.8 Å². The number of ether oxygens (including phenoxy) is 1. The molecule has 0 spiro atoms. The lowest BCUT2D eigenvalue weighted by Gasteiger charge is -2.26. The molecule has 6 nitrogen and oxygen atoms in total. The lowest BCUT2D eigenvalue weighted by Crippen LogP contribution is -2.52. The fourth-order valence-electron chi connectivity index (χ4n) is 2.91. The molecule has 24 heavy (non-hydrogen) atoms. The van der Waals surface area contributed by atoms with Crippen molar-refractivity contribution in [3.63, 3.8) is 0 Å². The van der Waals surface area contributed by atoms with Gasteiger partial charge in [0.2, 0.25) is 11.8 Å². The lowest BCUT2D eigenvalue weighted by atomic mass is 10.0. The number of rotatable bonds is 5. The smallest absolute Gasteiger partial charge is 0.330 e.